The average Bonchev–Trinajstić information content (AvgIpc) is 2.99. The minimum Gasteiger partial charge on any atom is -0.507 e. The summed E-state index contributed by atoms with van der Waals surface area (Å²) in [7, 11) is 0. The van der Waals surface area contributed by atoms with Crippen LogP contribution in [0.2, 0.25) is 0 Å². The number of nitrogens with zero attached hydrogens (tertiary/aromatic N) is 2. The van der Waals surface area contributed by atoms with Crippen LogP contribution in [-0.4, -0.2) is 28.8 Å². The summed E-state index contributed by atoms with van der Waals surface area (Å²) in [6.07, 6.45) is 1.30. The molecule has 24 heavy (non-hydrogen) atoms. The van der Waals surface area contributed by atoms with E-state index in [1.54, 1.807) is 42.5 Å². The van der Waals surface area contributed by atoms with E-state index < -0.39 is 17.7 Å². The van der Waals surface area contributed by atoms with E-state index in [0.29, 0.717) is 16.8 Å². The number of nitrogens with one attached hydrogen (secondary N) is 2. The zero-order chi connectivity index (χ0) is 16.9. The van der Waals surface area contributed by atoms with Crippen molar-refractivity contribution in [2.75, 3.05) is 0 Å². The lowest BCUT2D eigenvalue weighted by atomic mass is 9.96. The maximum Gasteiger partial charge on any atom is 0.258 e. The number of para-hydroxylation sites is 1. The molecule has 3 rings (SSSR count). The standard InChI is InChI=1S/C17H14N4O3/c22-13-9-5-4-8-12(13)10-18-20-16(23)14-15(19-21-17(14)24)11-6-2-1-3-7-11/h1-10,14,22H,(H,20,23)(H,21,24)/b18-10+. The van der Waals surface area contributed by atoms with Crippen molar-refractivity contribution in [3.8, 4) is 5.75 Å². The molecule has 120 valence electrons. The lowest BCUT2D eigenvalue weighted by molar-refractivity contribution is -0.131. The first-order valence-electron chi connectivity index (χ1n) is 7.20. The molecule has 2 aromatic rings. The van der Waals surface area contributed by atoms with Gasteiger partial charge in [-0.15, -0.1) is 0 Å². The van der Waals surface area contributed by atoms with Gasteiger partial charge in [-0.25, -0.2) is 10.9 Å². The molecule has 1 unspecified atom stereocenters. The van der Waals surface area contributed by atoms with Crippen LogP contribution in [0.4, 0.5) is 0 Å². The van der Waals surface area contributed by atoms with Gasteiger partial charge in [-0.2, -0.15) is 10.2 Å². The van der Waals surface area contributed by atoms with Crippen molar-refractivity contribution in [1.29, 1.82) is 0 Å². The molecule has 0 spiro atoms. The van der Waals surface area contributed by atoms with Crippen molar-refractivity contribution in [3.63, 3.8) is 0 Å². The van der Waals surface area contributed by atoms with Crippen LogP contribution in [-0.2, 0) is 9.59 Å². The fourth-order valence-electron chi connectivity index (χ4n) is 2.28. The number of benzene rings is 2. The number of carbonyl (C=O) groups excluding carboxylic acids is 2. The highest BCUT2D eigenvalue weighted by atomic mass is 16.3. The summed E-state index contributed by atoms with van der Waals surface area (Å²) in [6, 6.07) is 15.5. The number of carbonyl (C=O) groups is 2. The summed E-state index contributed by atoms with van der Waals surface area (Å²) in [4.78, 5) is 24.2. The molecule has 1 atom stereocenters. The van der Waals surface area contributed by atoms with Gasteiger partial charge in [-0.05, 0) is 17.7 Å². The highest BCUT2D eigenvalue weighted by molar-refractivity contribution is 6.27. The molecule has 7 nitrogen and oxygen atoms in total. The highest BCUT2D eigenvalue weighted by Crippen LogP contribution is 2.16. The van der Waals surface area contributed by atoms with E-state index in [0.717, 1.165) is 0 Å². The molecular formula is C17H14N4O3. The van der Waals surface area contributed by atoms with Crippen LogP contribution in [0.1, 0.15) is 11.1 Å². The third-order valence-electron chi connectivity index (χ3n) is 3.47. The molecule has 0 aromatic heterocycles. The second kappa shape index (κ2) is 6.74. The molecule has 0 aliphatic carbocycles. The Kier molecular flexibility index (Phi) is 4.33. The number of amides is 2. The lowest BCUT2D eigenvalue weighted by Gasteiger charge is -2.08. The molecule has 0 saturated heterocycles. The smallest absolute Gasteiger partial charge is 0.258 e. The summed E-state index contributed by atoms with van der Waals surface area (Å²) >= 11 is 0. The molecule has 0 fully saturated rings. The Labute approximate surface area is 137 Å². The molecular weight excluding hydrogens is 308 g/mol. The molecule has 0 radical (unpaired) electrons. The molecule has 3 N–H and O–H groups in total. The van der Waals surface area contributed by atoms with Gasteiger partial charge in [0.2, 0.25) is 0 Å². The minimum absolute atomic E-state index is 0.0423. The summed E-state index contributed by atoms with van der Waals surface area (Å²) in [5.74, 6) is -2.14. The van der Waals surface area contributed by atoms with Gasteiger partial charge in [0.25, 0.3) is 11.8 Å². The topological polar surface area (TPSA) is 103 Å². The first-order chi connectivity index (χ1) is 11.7. The van der Waals surface area contributed by atoms with Gasteiger partial charge in [-0.1, -0.05) is 42.5 Å². The van der Waals surface area contributed by atoms with Gasteiger partial charge in [-0.3, -0.25) is 9.59 Å². The first kappa shape index (κ1) is 15.4. The van der Waals surface area contributed by atoms with Crippen LogP contribution >= 0.6 is 0 Å². The fourth-order valence-corrected chi connectivity index (χ4v) is 2.28. The molecule has 1 aliphatic rings. The van der Waals surface area contributed by atoms with Crippen LogP contribution < -0.4 is 10.9 Å². The van der Waals surface area contributed by atoms with Gasteiger partial charge >= 0.3 is 0 Å². The van der Waals surface area contributed by atoms with Gasteiger partial charge in [0.05, 0.1) is 11.9 Å². The Bertz CT molecular complexity index is 831. The predicted molar refractivity (Wildman–Crippen MR) is 88.5 cm³/mol. The van der Waals surface area contributed by atoms with Crippen molar-refractivity contribution in [3.05, 3.63) is 65.7 Å². The number of aromatic hydroxyl groups is 1. The minimum atomic E-state index is -1.08. The van der Waals surface area contributed by atoms with Gasteiger partial charge < -0.3 is 5.11 Å². The normalized spacial score (nSPS) is 16.8. The van der Waals surface area contributed by atoms with Crippen molar-refractivity contribution in [2.45, 2.75) is 0 Å². The Morgan fingerprint density at radius 1 is 1.17 bits per heavy atom. The Morgan fingerprint density at radius 2 is 1.88 bits per heavy atom. The molecule has 1 heterocycles. The summed E-state index contributed by atoms with van der Waals surface area (Å²) in [6.45, 7) is 0. The largest absolute Gasteiger partial charge is 0.507 e. The molecule has 2 amide bonds. The third kappa shape index (κ3) is 3.14. The van der Waals surface area contributed by atoms with Gasteiger partial charge in [0.15, 0.2) is 5.92 Å². The molecule has 0 saturated carbocycles. The highest BCUT2D eigenvalue weighted by Gasteiger charge is 2.37. The van der Waals surface area contributed by atoms with Gasteiger partial charge in [0.1, 0.15) is 5.75 Å². The fraction of sp³-hybridized carbons (Fsp3) is 0.0588. The summed E-state index contributed by atoms with van der Waals surface area (Å²) in [5, 5.41) is 17.4. The van der Waals surface area contributed by atoms with Crippen LogP contribution in [0.15, 0.2) is 64.8 Å². The van der Waals surface area contributed by atoms with Gasteiger partial charge in [0, 0.05) is 5.56 Å². The number of hydrazone groups is 2. The number of hydrogen-bond acceptors (Lipinski definition) is 5. The van der Waals surface area contributed by atoms with E-state index in [-0.39, 0.29) is 5.75 Å². The molecule has 0 bridgehead atoms. The van der Waals surface area contributed by atoms with E-state index in [4.69, 9.17) is 0 Å². The third-order valence-corrected chi connectivity index (χ3v) is 3.47. The summed E-state index contributed by atoms with van der Waals surface area (Å²) in [5.41, 5.74) is 6.10. The second-order valence-electron chi connectivity index (χ2n) is 5.07. The van der Waals surface area contributed by atoms with Crippen molar-refractivity contribution < 1.29 is 14.7 Å². The van der Waals surface area contributed by atoms with Crippen molar-refractivity contribution in [2.24, 2.45) is 16.1 Å². The molecule has 2 aromatic carbocycles. The monoisotopic (exact) mass is 322 g/mol. The van der Waals surface area contributed by atoms with Crippen LogP contribution in [0.5, 0.6) is 5.75 Å². The lowest BCUT2D eigenvalue weighted by Crippen LogP contribution is -2.37. The predicted octanol–water partition coefficient (Wildman–Crippen LogP) is 0.993. The SMILES string of the molecule is O=C1NN=C(c2ccccc2)C1C(=O)N/N=C/c1ccccc1O. The number of phenols is 1. The summed E-state index contributed by atoms with van der Waals surface area (Å²) < 4.78 is 0. The number of rotatable bonds is 4. The quantitative estimate of drug-likeness (QED) is 0.444. The molecule has 1 aliphatic heterocycles. The number of phenolic OH excluding ortho intramolecular Hbond substituents is 1. The van der Waals surface area contributed by atoms with Crippen LogP contribution in [0.25, 0.3) is 0 Å². The zero-order valence-electron chi connectivity index (χ0n) is 12.5. The Hall–Kier alpha value is -3.48. The second-order valence-corrected chi connectivity index (χ2v) is 5.07. The molecule has 7 heteroatoms. The Balaban J connectivity index is 1.73. The Morgan fingerprint density at radius 3 is 2.62 bits per heavy atom. The zero-order valence-corrected chi connectivity index (χ0v) is 12.5. The maximum atomic E-state index is 12.3. The first-order valence-corrected chi connectivity index (χ1v) is 7.20. The maximum absolute atomic E-state index is 12.3. The van der Waals surface area contributed by atoms with E-state index in [9.17, 15) is 14.7 Å². The average molecular weight is 322 g/mol. The van der Waals surface area contributed by atoms with E-state index in [1.165, 1.54) is 12.3 Å². The number of hydrogen-bond donors (Lipinski definition) is 3. The van der Waals surface area contributed by atoms with Crippen molar-refractivity contribution >= 4 is 23.7 Å². The van der Waals surface area contributed by atoms with Crippen LogP contribution in [0, 0.1) is 5.92 Å². The van der Waals surface area contributed by atoms with E-state index in [2.05, 4.69) is 21.1 Å². The van der Waals surface area contributed by atoms with E-state index in [1.807, 2.05) is 6.07 Å². The van der Waals surface area contributed by atoms with Crippen LogP contribution in [0.3, 0.4) is 0 Å². The van der Waals surface area contributed by atoms with E-state index >= 15 is 0 Å². The van der Waals surface area contributed by atoms with Crippen molar-refractivity contribution in [1.82, 2.24) is 10.9 Å².